The van der Waals surface area contributed by atoms with Crippen LogP contribution in [0.1, 0.15) is 31.7 Å². The highest BCUT2D eigenvalue weighted by Gasteiger charge is 2.14. The van der Waals surface area contributed by atoms with Crippen molar-refractivity contribution in [2.45, 2.75) is 39.7 Å². The molecule has 0 aliphatic heterocycles. The standard InChI is InChI=1S/C13H18N2O5/c1-3-4-7-20-13(17)5-6-14-9-11(15(18)19)10(2)8-12(14)16/h8-9H,3-7H2,1-2H3. The lowest BCUT2D eigenvalue weighted by Crippen LogP contribution is -2.22. The van der Waals surface area contributed by atoms with Crippen LogP contribution in [0.25, 0.3) is 0 Å². The number of rotatable bonds is 7. The summed E-state index contributed by atoms with van der Waals surface area (Å²) >= 11 is 0. The second-order valence-electron chi connectivity index (χ2n) is 4.45. The minimum absolute atomic E-state index is 0.0177. The average Bonchev–Trinajstić information content (AvgIpc) is 2.37. The number of unbranched alkanes of at least 4 members (excludes halogenated alkanes) is 1. The molecule has 110 valence electrons. The van der Waals surface area contributed by atoms with E-state index in [0.29, 0.717) is 12.2 Å². The van der Waals surface area contributed by atoms with Crippen molar-refractivity contribution < 1.29 is 14.5 Å². The average molecular weight is 282 g/mol. The highest BCUT2D eigenvalue weighted by Crippen LogP contribution is 2.14. The molecular weight excluding hydrogens is 264 g/mol. The number of nitrogens with zero attached hydrogens (tertiary/aromatic N) is 2. The van der Waals surface area contributed by atoms with Crippen LogP contribution >= 0.6 is 0 Å². The SMILES string of the molecule is CCCCOC(=O)CCn1cc([N+](=O)[O-])c(C)cc1=O. The van der Waals surface area contributed by atoms with Gasteiger partial charge < -0.3 is 9.30 Å². The minimum atomic E-state index is -0.551. The van der Waals surface area contributed by atoms with E-state index in [1.165, 1.54) is 13.0 Å². The molecule has 7 heteroatoms. The number of aryl methyl sites for hydroxylation is 2. The molecule has 0 spiro atoms. The maximum absolute atomic E-state index is 11.7. The molecule has 1 aromatic heterocycles. The van der Waals surface area contributed by atoms with E-state index in [2.05, 4.69) is 0 Å². The Morgan fingerprint density at radius 3 is 2.80 bits per heavy atom. The molecule has 1 aromatic rings. The van der Waals surface area contributed by atoms with Gasteiger partial charge in [-0.3, -0.25) is 19.7 Å². The molecule has 0 saturated heterocycles. The van der Waals surface area contributed by atoms with E-state index in [0.717, 1.165) is 23.6 Å². The normalized spacial score (nSPS) is 10.3. The topological polar surface area (TPSA) is 91.4 Å². The predicted octanol–water partition coefficient (Wildman–Crippen LogP) is 1.80. The Morgan fingerprint density at radius 2 is 2.20 bits per heavy atom. The van der Waals surface area contributed by atoms with Gasteiger partial charge >= 0.3 is 5.97 Å². The molecule has 0 aliphatic carbocycles. The Hall–Kier alpha value is -2.18. The highest BCUT2D eigenvalue weighted by atomic mass is 16.6. The first-order valence-electron chi connectivity index (χ1n) is 6.46. The zero-order valence-corrected chi connectivity index (χ0v) is 11.6. The molecule has 0 atom stereocenters. The van der Waals surface area contributed by atoms with Crippen molar-refractivity contribution >= 4 is 11.7 Å². The maximum Gasteiger partial charge on any atom is 0.307 e. The van der Waals surface area contributed by atoms with Crippen molar-refractivity contribution in [1.29, 1.82) is 0 Å². The third-order valence-corrected chi connectivity index (χ3v) is 2.82. The molecule has 7 nitrogen and oxygen atoms in total. The first-order valence-corrected chi connectivity index (χ1v) is 6.46. The fraction of sp³-hybridized carbons (Fsp3) is 0.538. The molecule has 0 fully saturated rings. The molecular formula is C13H18N2O5. The quantitative estimate of drug-likeness (QED) is 0.329. The fourth-order valence-electron chi connectivity index (χ4n) is 1.64. The van der Waals surface area contributed by atoms with Gasteiger partial charge in [-0.25, -0.2) is 0 Å². The Kier molecular flexibility index (Phi) is 5.89. The van der Waals surface area contributed by atoms with Gasteiger partial charge in [0.05, 0.1) is 24.1 Å². The summed E-state index contributed by atoms with van der Waals surface area (Å²) in [6, 6.07) is 1.19. The molecule has 0 aromatic carbocycles. The molecule has 0 aliphatic rings. The largest absolute Gasteiger partial charge is 0.466 e. The lowest BCUT2D eigenvalue weighted by Gasteiger charge is -2.07. The molecule has 20 heavy (non-hydrogen) atoms. The summed E-state index contributed by atoms with van der Waals surface area (Å²) in [5.41, 5.74) is -0.194. The van der Waals surface area contributed by atoms with Crippen molar-refractivity contribution in [2.24, 2.45) is 0 Å². The first-order chi connectivity index (χ1) is 9.45. The van der Waals surface area contributed by atoms with Crippen molar-refractivity contribution in [3.8, 4) is 0 Å². The third-order valence-electron chi connectivity index (χ3n) is 2.82. The van der Waals surface area contributed by atoms with Crippen molar-refractivity contribution in [3.63, 3.8) is 0 Å². The predicted molar refractivity (Wildman–Crippen MR) is 72.6 cm³/mol. The molecule has 0 bridgehead atoms. The number of hydrogen-bond donors (Lipinski definition) is 0. The van der Waals surface area contributed by atoms with E-state index >= 15 is 0 Å². The van der Waals surface area contributed by atoms with E-state index in [1.807, 2.05) is 6.92 Å². The number of aromatic nitrogens is 1. The Bertz CT molecular complexity index is 550. The van der Waals surface area contributed by atoms with E-state index in [9.17, 15) is 19.7 Å². The zero-order chi connectivity index (χ0) is 15.1. The molecule has 1 rings (SSSR count). The lowest BCUT2D eigenvalue weighted by molar-refractivity contribution is -0.385. The summed E-state index contributed by atoms with van der Waals surface area (Å²) < 4.78 is 6.12. The number of nitro groups is 1. The summed E-state index contributed by atoms with van der Waals surface area (Å²) in [4.78, 5) is 33.3. The Balaban J connectivity index is 2.68. The van der Waals surface area contributed by atoms with Crippen molar-refractivity contribution in [1.82, 2.24) is 4.57 Å². The number of ether oxygens (including phenoxy) is 1. The monoisotopic (exact) mass is 282 g/mol. The molecule has 0 radical (unpaired) electrons. The maximum atomic E-state index is 11.7. The van der Waals surface area contributed by atoms with Gasteiger partial charge in [-0.2, -0.15) is 0 Å². The van der Waals surface area contributed by atoms with E-state index in [-0.39, 0.29) is 24.2 Å². The number of carbonyl (C=O) groups is 1. The molecule has 0 N–H and O–H groups in total. The summed E-state index contributed by atoms with van der Waals surface area (Å²) in [7, 11) is 0. The van der Waals surface area contributed by atoms with Gasteiger partial charge in [0.1, 0.15) is 0 Å². The number of hydrogen-bond acceptors (Lipinski definition) is 5. The van der Waals surface area contributed by atoms with E-state index < -0.39 is 10.9 Å². The van der Waals surface area contributed by atoms with Gasteiger partial charge in [0, 0.05) is 18.2 Å². The second-order valence-corrected chi connectivity index (χ2v) is 4.45. The van der Waals surface area contributed by atoms with Gasteiger partial charge in [0.25, 0.3) is 11.2 Å². The van der Waals surface area contributed by atoms with Gasteiger partial charge in [0.15, 0.2) is 0 Å². The summed E-state index contributed by atoms with van der Waals surface area (Å²) in [6.07, 6.45) is 2.90. The molecule has 0 unspecified atom stereocenters. The molecule has 0 saturated carbocycles. The van der Waals surface area contributed by atoms with Crippen molar-refractivity contribution in [2.75, 3.05) is 6.61 Å². The first kappa shape index (κ1) is 15.9. The van der Waals surface area contributed by atoms with Gasteiger partial charge in [0.2, 0.25) is 0 Å². The van der Waals surface area contributed by atoms with Crippen LogP contribution in [-0.4, -0.2) is 22.1 Å². The van der Waals surface area contributed by atoms with Crippen LogP contribution in [0.3, 0.4) is 0 Å². The van der Waals surface area contributed by atoms with Crippen LogP contribution in [0.2, 0.25) is 0 Å². The fourth-order valence-corrected chi connectivity index (χ4v) is 1.64. The van der Waals surface area contributed by atoms with Gasteiger partial charge in [-0.1, -0.05) is 13.3 Å². The Labute approximate surface area is 116 Å². The van der Waals surface area contributed by atoms with Crippen molar-refractivity contribution in [3.05, 3.63) is 38.3 Å². The highest BCUT2D eigenvalue weighted by molar-refractivity contribution is 5.69. The summed E-state index contributed by atoms with van der Waals surface area (Å²) in [5.74, 6) is -0.409. The summed E-state index contributed by atoms with van der Waals surface area (Å²) in [5, 5.41) is 10.8. The second kappa shape index (κ2) is 7.42. The van der Waals surface area contributed by atoms with Gasteiger partial charge in [-0.05, 0) is 13.3 Å². The number of esters is 1. The third kappa shape index (κ3) is 4.49. The summed E-state index contributed by atoms with van der Waals surface area (Å²) in [6.45, 7) is 3.92. The van der Waals surface area contributed by atoms with Crippen LogP contribution in [0.5, 0.6) is 0 Å². The van der Waals surface area contributed by atoms with Crippen LogP contribution in [-0.2, 0) is 16.1 Å². The molecule has 1 heterocycles. The van der Waals surface area contributed by atoms with E-state index in [1.54, 1.807) is 0 Å². The molecule has 0 amide bonds. The van der Waals surface area contributed by atoms with Crippen LogP contribution in [0.4, 0.5) is 5.69 Å². The van der Waals surface area contributed by atoms with E-state index in [4.69, 9.17) is 4.74 Å². The van der Waals surface area contributed by atoms with Gasteiger partial charge in [-0.15, -0.1) is 0 Å². The van der Waals surface area contributed by atoms with Crippen LogP contribution in [0.15, 0.2) is 17.1 Å². The smallest absolute Gasteiger partial charge is 0.307 e. The minimum Gasteiger partial charge on any atom is -0.466 e. The number of carbonyl (C=O) groups excluding carboxylic acids is 1. The zero-order valence-electron chi connectivity index (χ0n) is 11.6. The number of pyridine rings is 1. The lowest BCUT2D eigenvalue weighted by atomic mass is 10.2. The Morgan fingerprint density at radius 1 is 1.50 bits per heavy atom. The van der Waals surface area contributed by atoms with Crippen LogP contribution in [0, 0.1) is 17.0 Å². The van der Waals surface area contributed by atoms with Crippen LogP contribution < -0.4 is 5.56 Å².